The summed E-state index contributed by atoms with van der Waals surface area (Å²) in [5.74, 6) is 0.130. The number of rotatable bonds is 4. The zero-order chi connectivity index (χ0) is 14.5. The van der Waals surface area contributed by atoms with Crippen LogP contribution in [0.25, 0.3) is 0 Å². The van der Waals surface area contributed by atoms with Gasteiger partial charge in [0.25, 0.3) is 5.91 Å². The molecule has 6 nitrogen and oxygen atoms in total. The second-order valence-electron chi connectivity index (χ2n) is 4.48. The molecule has 1 aliphatic rings. The van der Waals surface area contributed by atoms with E-state index in [4.69, 9.17) is 26.8 Å². The Morgan fingerprint density at radius 3 is 3.00 bits per heavy atom. The first-order valence-corrected chi connectivity index (χ1v) is 6.73. The van der Waals surface area contributed by atoms with Crippen molar-refractivity contribution in [3.63, 3.8) is 0 Å². The highest BCUT2D eigenvalue weighted by atomic mass is 35.5. The zero-order valence-electron chi connectivity index (χ0n) is 11.6. The van der Waals surface area contributed by atoms with Crippen LogP contribution in [0, 0.1) is 0 Å². The number of carbonyl (C=O) groups excluding carboxylic acids is 1. The number of ether oxygens (including phenoxy) is 2. The lowest BCUT2D eigenvalue weighted by molar-refractivity contribution is 0.0287. The monoisotopic (exact) mass is 335 g/mol. The Balaban J connectivity index is 0.00000220. The van der Waals surface area contributed by atoms with Crippen LogP contribution in [0.4, 0.5) is 5.69 Å². The molecule has 0 aromatic heterocycles. The number of methoxy groups -OCH3 is 1. The van der Waals surface area contributed by atoms with Crippen molar-refractivity contribution in [2.45, 2.75) is 6.10 Å². The summed E-state index contributed by atoms with van der Waals surface area (Å²) in [6.45, 7) is 2.64. The summed E-state index contributed by atoms with van der Waals surface area (Å²) in [5.41, 5.74) is 6.42. The van der Waals surface area contributed by atoms with E-state index in [1.807, 2.05) is 0 Å². The average Bonchev–Trinajstić information content (AvgIpc) is 2.48. The molecule has 1 aromatic carbocycles. The first-order valence-electron chi connectivity index (χ1n) is 6.35. The van der Waals surface area contributed by atoms with Crippen molar-refractivity contribution in [1.29, 1.82) is 0 Å². The summed E-state index contributed by atoms with van der Waals surface area (Å²) in [4.78, 5) is 12.2. The van der Waals surface area contributed by atoms with E-state index >= 15 is 0 Å². The van der Waals surface area contributed by atoms with Crippen LogP contribution in [0.15, 0.2) is 12.1 Å². The molecule has 1 heterocycles. The van der Waals surface area contributed by atoms with Gasteiger partial charge in [-0.05, 0) is 6.07 Å². The lowest BCUT2D eigenvalue weighted by Gasteiger charge is -2.23. The second-order valence-corrected chi connectivity index (χ2v) is 4.89. The Morgan fingerprint density at radius 2 is 2.38 bits per heavy atom. The molecule has 1 atom stereocenters. The third-order valence-electron chi connectivity index (χ3n) is 3.06. The number of halogens is 2. The highest BCUT2D eigenvalue weighted by molar-refractivity contribution is 6.33. The molecule has 0 bridgehead atoms. The van der Waals surface area contributed by atoms with Gasteiger partial charge in [-0.2, -0.15) is 0 Å². The summed E-state index contributed by atoms with van der Waals surface area (Å²) in [6, 6.07) is 3.04. The van der Waals surface area contributed by atoms with Crippen molar-refractivity contribution in [1.82, 2.24) is 10.6 Å². The van der Waals surface area contributed by atoms with Gasteiger partial charge in [0.05, 0.1) is 36.1 Å². The Morgan fingerprint density at radius 1 is 1.62 bits per heavy atom. The number of hydrogen-bond acceptors (Lipinski definition) is 5. The van der Waals surface area contributed by atoms with Gasteiger partial charge in [0.15, 0.2) is 0 Å². The summed E-state index contributed by atoms with van der Waals surface area (Å²) >= 11 is 5.94. The van der Waals surface area contributed by atoms with Crippen LogP contribution >= 0.6 is 24.0 Å². The van der Waals surface area contributed by atoms with E-state index in [0.717, 1.165) is 13.1 Å². The van der Waals surface area contributed by atoms with Gasteiger partial charge in [-0.3, -0.25) is 4.79 Å². The lowest BCUT2D eigenvalue weighted by atomic mass is 10.1. The highest BCUT2D eigenvalue weighted by Gasteiger charge is 2.18. The second kappa shape index (κ2) is 8.29. The highest BCUT2D eigenvalue weighted by Crippen LogP contribution is 2.28. The third-order valence-corrected chi connectivity index (χ3v) is 3.39. The van der Waals surface area contributed by atoms with Crippen molar-refractivity contribution in [2.24, 2.45) is 0 Å². The number of benzene rings is 1. The van der Waals surface area contributed by atoms with Crippen LogP contribution in [0.2, 0.25) is 5.02 Å². The molecule has 4 N–H and O–H groups in total. The number of anilines is 1. The van der Waals surface area contributed by atoms with Crippen molar-refractivity contribution >= 4 is 35.6 Å². The minimum Gasteiger partial charge on any atom is -0.496 e. The van der Waals surface area contributed by atoms with Gasteiger partial charge in [-0.1, -0.05) is 11.6 Å². The number of morpholine rings is 1. The summed E-state index contributed by atoms with van der Waals surface area (Å²) in [7, 11) is 1.48. The molecule has 1 aliphatic heterocycles. The predicted octanol–water partition coefficient (Wildman–Crippen LogP) is 1.07. The van der Waals surface area contributed by atoms with E-state index in [1.54, 1.807) is 0 Å². The van der Waals surface area contributed by atoms with E-state index in [-0.39, 0.29) is 24.4 Å². The van der Waals surface area contributed by atoms with E-state index < -0.39 is 0 Å². The molecular formula is C13H19Cl2N3O3. The quantitative estimate of drug-likeness (QED) is 0.716. The smallest absolute Gasteiger partial charge is 0.255 e. The van der Waals surface area contributed by atoms with Crippen LogP contribution in [0.3, 0.4) is 0 Å². The van der Waals surface area contributed by atoms with Gasteiger partial charge in [-0.15, -0.1) is 12.4 Å². The molecule has 118 valence electrons. The maximum absolute atomic E-state index is 12.2. The van der Waals surface area contributed by atoms with Gasteiger partial charge in [0, 0.05) is 25.7 Å². The Bertz CT molecular complexity index is 494. The lowest BCUT2D eigenvalue weighted by Crippen LogP contribution is -2.45. The molecule has 1 saturated heterocycles. The molecule has 21 heavy (non-hydrogen) atoms. The summed E-state index contributed by atoms with van der Waals surface area (Å²) in [6.07, 6.45) is -0.0250. The standard InChI is InChI=1S/C13H18ClN3O3.ClH/c1-19-12-5-11(15)10(14)4-9(12)13(18)17-7-8-6-16-2-3-20-8;/h4-5,8,16H,2-3,6-7,15H2,1H3,(H,17,18);1H. The van der Waals surface area contributed by atoms with Crippen molar-refractivity contribution < 1.29 is 14.3 Å². The van der Waals surface area contributed by atoms with Crippen molar-refractivity contribution in [2.75, 3.05) is 39.1 Å². The fraction of sp³-hybridized carbons (Fsp3) is 0.462. The van der Waals surface area contributed by atoms with E-state index in [2.05, 4.69) is 10.6 Å². The molecule has 1 aromatic rings. The molecule has 0 radical (unpaired) electrons. The Kier molecular flexibility index (Phi) is 7.04. The Labute approximate surface area is 134 Å². The van der Waals surface area contributed by atoms with Crippen molar-refractivity contribution in [3.05, 3.63) is 22.7 Å². The molecule has 8 heteroatoms. The SMILES string of the molecule is COc1cc(N)c(Cl)cc1C(=O)NCC1CNCCO1.Cl. The normalized spacial score (nSPS) is 17.7. The molecule has 2 rings (SSSR count). The predicted molar refractivity (Wildman–Crippen MR) is 84.6 cm³/mol. The van der Waals surface area contributed by atoms with Gasteiger partial charge >= 0.3 is 0 Å². The van der Waals surface area contributed by atoms with Crippen LogP contribution in [-0.4, -0.2) is 45.4 Å². The number of nitrogens with one attached hydrogen (secondary N) is 2. The van der Waals surface area contributed by atoms with E-state index in [0.29, 0.717) is 35.2 Å². The number of carbonyl (C=O) groups is 1. The minimum atomic E-state index is -0.266. The molecule has 0 aliphatic carbocycles. The maximum atomic E-state index is 12.2. The van der Waals surface area contributed by atoms with Crippen LogP contribution < -0.4 is 21.1 Å². The molecule has 0 saturated carbocycles. The van der Waals surface area contributed by atoms with Gasteiger partial charge in [0.2, 0.25) is 0 Å². The van der Waals surface area contributed by atoms with Crippen molar-refractivity contribution in [3.8, 4) is 5.75 Å². The molecule has 1 unspecified atom stereocenters. The minimum absolute atomic E-state index is 0. The Hall–Kier alpha value is -1.21. The number of nitrogen functional groups attached to an aromatic ring is 1. The molecular weight excluding hydrogens is 317 g/mol. The summed E-state index contributed by atoms with van der Waals surface area (Å²) < 4.78 is 10.7. The average molecular weight is 336 g/mol. The first kappa shape index (κ1) is 17.8. The number of nitrogens with two attached hydrogens (primary N) is 1. The van der Waals surface area contributed by atoms with Gasteiger partial charge < -0.3 is 25.8 Å². The van der Waals surface area contributed by atoms with E-state index in [1.165, 1.54) is 19.2 Å². The van der Waals surface area contributed by atoms with Crippen LogP contribution in [0.5, 0.6) is 5.75 Å². The molecule has 1 amide bonds. The van der Waals surface area contributed by atoms with E-state index in [9.17, 15) is 4.79 Å². The fourth-order valence-corrected chi connectivity index (χ4v) is 2.13. The van der Waals surface area contributed by atoms with Gasteiger partial charge in [0.1, 0.15) is 5.75 Å². The van der Waals surface area contributed by atoms with Gasteiger partial charge in [-0.25, -0.2) is 0 Å². The first-order chi connectivity index (χ1) is 9.61. The fourth-order valence-electron chi connectivity index (χ4n) is 1.97. The maximum Gasteiger partial charge on any atom is 0.255 e. The zero-order valence-corrected chi connectivity index (χ0v) is 13.2. The molecule has 1 fully saturated rings. The topological polar surface area (TPSA) is 85.6 Å². The molecule has 0 spiro atoms. The number of amides is 1. The summed E-state index contributed by atoms with van der Waals surface area (Å²) in [5, 5.41) is 6.33. The van der Waals surface area contributed by atoms with Crippen LogP contribution in [-0.2, 0) is 4.74 Å². The third kappa shape index (κ3) is 4.64. The number of hydrogen-bond donors (Lipinski definition) is 3. The van der Waals surface area contributed by atoms with Crippen LogP contribution in [0.1, 0.15) is 10.4 Å². The largest absolute Gasteiger partial charge is 0.496 e.